The predicted octanol–water partition coefficient (Wildman–Crippen LogP) is 0.542. The van der Waals surface area contributed by atoms with E-state index in [1.807, 2.05) is 30.3 Å². The second kappa shape index (κ2) is 5.64. The van der Waals surface area contributed by atoms with Gasteiger partial charge in [-0.3, -0.25) is 14.5 Å². The number of hydrogen-bond donors (Lipinski definition) is 1. The van der Waals surface area contributed by atoms with E-state index in [-0.39, 0.29) is 25.0 Å². The van der Waals surface area contributed by atoms with E-state index in [2.05, 4.69) is 0 Å². The molecule has 1 unspecified atom stereocenters. The standard InChI is InChI=1S/C13H16N2O3/c14-11-6-7-12(16)15(13(11)17)8-9-18-10-4-2-1-3-5-10/h1-5,11H,6-9,14H2. The Balaban J connectivity index is 1.85. The van der Waals surface area contributed by atoms with Crippen LogP contribution in [0.5, 0.6) is 5.75 Å². The van der Waals surface area contributed by atoms with Crippen LogP contribution in [0.2, 0.25) is 0 Å². The zero-order chi connectivity index (χ0) is 13.0. The summed E-state index contributed by atoms with van der Waals surface area (Å²) in [7, 11) is 0. The normalized spacial score (nSPS) is 20.1. The number of nitrogens with two attached hydrogens (primary N) is 1. The smallest absolute Gasteiger partial charge is 0.246 e. The molecule has 1 aliphatic heterocycles. The number of para-hydroxylation sites is 1. The molecule has 2 rings (SSSR count). The van der Waals surface area contributed by atoms with Gasteiger partial charge in [0.25, 0.3) is 0 Å². The first-order chi connectivity index (χ1) is 8.68. The molecule has 1 atom stereocenters. The minimum Gasteiger partial charge on any atom is -0.492 e. The average molecular weight is 248 g/mol. The zero-order valence-electron chi connectivity index (χ0n) is 10.0. The number of piperidine rings is 1. The van der Waals surface area contributed by atoms with E-state index in [1.54, 1.807) is 0 Å². The molecule has 1 aliphatic rings. The fourth-order valence-electron chi connectivity index (χ4n) is 1.87. The molecule has 1 aromatic carbocycles. The highest BCUT2D eigenvalue weighted by atomic mass is 16.5. The third-order valence-corrected chi connectivity index (χ3v) is 2.88. The third-order valence-electron chi connectivity index (χ3n) is 2.88. The minimum absolute atomic E-state index is 0.168. The van der Waals surface area contributed by atoms with Gasteiger partial charge in [-0.15, -0.1) is 0 Å². The van der Waals surface area contributed by atoms with Gasteiger partial charge < -0.3 is 10.5 Å². The highest BCUT2D eigenvalue weighted by molar-refractivity contribution is 6.00. The molecule has 1 saturated heterocycles. The highest BCUT2D eigenvalue weighted by Crippen LogP contribution is 2.12. The average Bonchev–Trinajstić information content (AvgIpc) is 2.39. The molecule has 0 bridgehead atoms. The summed E-state index contributed by atoms with van der Waals surface area (Å²) < 4.78 is 5.45. The largest absolute Gasteiger partial charge is 0.492 e. The molecule has 1 heterocycles. The number of hydrogen-bond acceptors (Lipinski definition) is 4. The zero-order valence-corrected chi connectivity index (χ0v) is 10.0. The summed E-state index contributed by atoms with van der Waals surface area (Å²) in [6, 6.07) is 8.71. The Kier molecular flexibility index (Phi) is 3.94. The summed E-state index contributed by atoms with van der Waals surface area (Å²) in [5.74, 6) is 0.250. The molecule has 0 aromatic heterocycles. The highest BCUT2D eigenvalue weighted by Gasteiger charge is 2.31. The third kappa shape index (κ3) is 2.87. The van der Waals surface area contributed by atoms with E-state index >= 15 is 0 Å². The van der Waals surface area contributed by atoms with E-state index in [0.29, 0.717) is 12.8 Å². The first kappa shape index (κ1) is 12.6. The number of benzene rings is 1. The second-order valence-electron chi connectivity index (χ2n) is 4.19. The van der Waals surface area contributed by atoms with Crippen LogP contribution in [0.4, 0.5) is 0 Å². The number of rotatable bonds is 4. The van der Waals surface area contributed by atoms with Crippen molar-refractivity contribution in [2.75, 3.05) is 13.2 Å². The van der Waals surface area contributed by atoms with Gasteiger partial charge in [0.1, 0.15) is 12.4 Å². The van der Waals surface area contributed by atoms with E-state index in [0.717, 1.165) is 5.75 Å². The maximum atomic E-state index is 11.7. The lowest BCUT2D eigenvalue weighted by Gasteiger charge is -2.28. The molecule has 1 fully saturated rings. The quantitative estimate of drug-likeness (QED) is 0.789. The van der Waals surface area contributed by atoms with Gasteiger partial charge in [0.05, 0.1) is 12.6 Å². The molecule has 0 aliphatic carbocycles. The minimum atomic E-state index is -0.556. The monoisotopic (exact) mass is 248 g/mol. The van der Waals surface area contributed by atoms with E-state index in [9.17, 15) is 9.59 Å². The Morgan fingerprint density at radius 1 is 1.28 bits per heavy atom. The van der Waals surface area contributed by atoms with E-state index in [4.69, 9.17) is 10.5 Å². The number of amides is 2. The number of nitrogens with zero attached hydrogens (tertiary/aromatic N) is 1. The van der Waals surface area contributed by atoms with Crippen LogP contribution in [-0.2, 0) is 9.59 Å². The number of carbonyl (C=O) groups is 2. The van der Waals surface area contributed by atoms with Gasteiger partial charge in [-0.1, -0.05) is 18.2 Å². The van der Waals surface area contributed by atoms with Crippen LogP contribution in [0.3, 0.4) is 0 Å². The van der Waals surface area contributed by atoms with Crippen molar-refractivity contribution in [3.05, 3.63) is 30.3 Å². The van der Waals surface area contributed by atoms with E-state index < -0.39 is 6.04 Å². The lowest BCUT2D eigenvalue weighted by atomic mass is 10.1. The van der Waals surface area contributed by atoms with E-state index in [1.165, 1.54) is 4.90 Å². The Morgan fingerprint density at radius 2 is 2.00 bits per heavy atom. The Morgan fingerprint density at radius 3 is 2.72 bits per heavy atom. The Bertz CT molecular complexity index is 433. The maximum Gasteiger partial charge on any atom is 0.246 e. The van der Waals surface area contributed by atoms with Crippen LogP contribution >= 0.6 is 0 Å². The molecular weight excluding hydrogens is 232 g/mol. The van der Waals surface area contributed by atoms with Gasteiger partial charge in [0.15, 0.2) is 0 Å². The maximum absolute atomic E-state index is 11.7. The SMILES string of the molecule is NC1CCC(=O)N(CCOc2ccccc2)C1=O. The summed E-state index contributed by atoms with van der Waals surface area (Å²) >= 11 is 0. The van der Waals surface area contributed by atoms with Crippen LogP contribution in [0, 0.1) is 0 Å². The fourth-order valence-corrected chi connectivity index (χ4v) is 1.87. The van der Waals surface area contributed by atoms with Crippen LogP contribution in [0.15, 0.2) is 30.3 Å². The van der Waals surface area contributed by atoms with Crippen molar-refractivity contribution in [2.45, 2.75) is 18.9 Å². The molecule has 0 spiro atoms. The Labute approximate surface area is 106 Å². The van der Waals surface area contributed by atoms with Gasteiger partial charge >= 0.3 is 0 Å². The van der Waals surface area contributed by atoms with Gasteiger partial charge in [-0.25, -0.2) is 0 Å². The molecule has 5 nitrogen and oxygen atoms in total. The van der Waals surface area contributed by atoms with Crippen LogP contribution < -0.4 is 10.5 Å². The predicted molar refractivity (Wildman–Crippen MR) is 65.9 cm³/mol. The van der Waals surface area contributed by atoms with Crippen molar-refractivity contribution in [3.8, 4) is 5.75 Å². The molecule has 96 valence electrons. The lowest BCUT2D eigenvalue weighted by Crippen LogP contribution is -2.52. The van der Waals surface area contributed by atoms with Gasteiger partial charge in [0, 0.05) is 6.42 Å². The summed E-state index contributed by atoms with van der Waals surface area (Å²) in [6.45, 7) is 0.536. The summed E-state index contributed by atoms with van der Waals surface area (Å²) in [5.41, 5.74) is 5.63. The lowest BCUT2D eigenvalue weighted by molar-refractivity contribution is -0.149. The fraction of sp³-hybridized carbons (Fsp3) is 0.385. The number of carbonyl (C=O) groups excluding carboxylic acids is 2. The van der Waals surface area contributed by atoms with Crippen molar-refractivity contribution in [2.24, 2.45) is 5.73 Å². The van der Waals surface area contributed by atoms with Crippen molar-refractivity contribution in [1.82, 2.24) is 4.90 Å². The number of likely N-dealkylation sites (tertiary alicyclic amines) is 1. The van der Waals surface area contributed by atoms with Crippen molar-refractivity contribution >= 4 is 11.8 Å². The molecule has 18 heavy (non-hydrogen) atoms. The molecule has 0 radical (unpaired) electrons. The van der Waals surface area contributed by atoms with Crippen molar-refractivity contribution in [1.29, 1.82) is 0 Å². The number of ether oxygens (including phenoxy) is 1. The van der Waals surface area contributed by atoms with Gasteiger partial charge in [-0.05, 0) is 18.6 Å². The second-order valence-corrected chi connectivity index (χ2v) is 4.19. The summed E-state index contributed by atoms with van der Waals surface area (Å²) in [5, 5.41) is 0. The topological polar surface area (TPSA) is 72.6 Å². The van der Waals surface area contributed by atoms with Crippen LogP contribution in [0.1, 0.15) is 12.8 Å². The van der Waals surface area contributed by atoms with Gasteiger partial charge in [0.2, 0.25) is 11.8 Å². The van der Waals surface area contributed by atoms with Gasteiger partial charge in [-0.2, -0.15) is 0 Å². The molecule has 2 amide bonds. The number of imide groups is 1. The van der Waals surface area contributed by atoms with Crippen molar-refractivity contribution in [3.63, 3.8) is 0 Å². The summed E-state index contributed by atoms with van der Waals surface area (Å²) in [6.07, 6.45) is 0.770. The molecule has 1 aromatic rings. The molecule has 5 heteroatoms. The first-order valence-corrected chi connectivity index (χ1v) is 5.96. The molecule has 2 N–H and O–H groups in total. The molecule has 0 saturated carbocycles. The first-order valence-electron chi connectivity index (χ1n) is 5.96. The van der Waals surface area contributed by atoms with Crippen molar-refractivity contribution < 1.29 is 14.3 Å². The Hall–Kier alpha value is -1.88. The summed E-state index contributed by atoms with van der Waals surface area (Å²) in [4.78, 5) is 24.5. The van der Waals surface area contributed by atoms with Crippen LogP contribution in [-0.4, -0.2) is 35.9 Å². The molecular formula is C13H16N2O3. The van der Waals surface area contributed by atoms with Crippen LogP contribution in [0.25, 0.3) is 0 Å².